The lowest BCUT2D eigenvalue weighted by Crippen LogP contribution is -2.35. The molecule has 0 radical (unpaired) electrons. The molecule has 36 heavy (non-hydrogen) atoms. The molecule has 2 aliphatic rings. The molecule has 6 nitrogen and oxygen atoms in total. The molecule has 0 saturated carbocycles. The van der Waals surface area contributed by atoms with Gasteiger partial charge in [-0.3, -0.25) is 4.79 Å². The maximum atomic E-state index is 14.9. The Hall–Kier alpha value is -4.44. The third-order valence-corrected chi connectivity index (χ3v) is 7.43. The lowest BCUT2D eigenvalue weighted by molar-refractivity contribution is -0.120. The van der Waals surface area contributed by atoms with Crippen LogP contribution in [-0.2, 0) is 11.2 Å². The second kappa shape index (κ2) is 8.65. The summed E-state index contributed by atoms with van der Waals surface area (Å²) in [6.45, 7) is 1.91. The van der Waals surface area contributed by atoms with E-state index in [9.17, 15) is 14.4 Å². The maximum Gasteiger partial charge on any atom is 0.176 e. The summed E-state index contributed by atoms with van der Waals surface area (Å²) in [5.41, 5.74) is 5.72. The molecule has 6 rings (SSSR count). The predicted molar refractivity (Wildman–Crippen MR) is 132 cm³/mol. The maximum absolute atomic E-state index is 14.9. The molecule has 3 unspecified atom stereocenters. The molecular formula is C29H22FN5O. The van der Waals surface area contributed by atoms with Gasteiger partial charge in [0, 0.05) is 34.7 Å². The van der Waals surface area contributed by atoms with Crippen molar-refractivity contribution in [2.45, 2.75) is 25.7 Å². The van der Waals surface area contributed by atoms with Crippen LogP contribution in [0.2, 0.25) is 0 Å². The van der Waals surface area contributed by atoms with E-state index in [0.29, 0.717) is 17.7 Å². The van der Waals surface area contributed by atoms with E-state index in [1.54, 1.807) is 30.5 Å². The van der Waals surface area contributed by atoms with Crippen molar-refractivity contribution in [3.05, 3.63) is 95.8 Å². The number of rotatable bonds is 3. The Morgan fingerprint density at radius 1 is 1.11 bits per heavy atom. The lowest BCUT2D eigenvalue weighted by Gasteiger charge is -2.37. The van der Waals surface area contributed by atoms with E-state index >= 15 is 0 Å². The van der Waals surface area contributed by atoms with Crippen LogP contribution in [0.1, 0.15) is 30.5 Å². The summed E-state index contributed by atoms with van der Waals surface area (Å²) in [5.74, 6) is -0.788. The van der Waals surface area contributed by atoms with Crippen LogP contribution in [0.4, 0.5) is 4.39 Å². The van der Waals surface area contributed by atoms with E-state index in [1.807, 2.05) is 41.9 Å². The molecule has 0 saturated heterocycles. The van der Waals surface area contributed by atoms with Crippen LogP contribution in [0.25, 0.3) is 28.2 Å². The van der Waals surface area contributed by atoms with Gasteiger partial charge in [-0.1, -0.05) is 37.3 Å². The molecule has 0 bridgehead atoms. The molecule has 176 valence electrons. The summed E-state index contributed by atoms with van der Waals surface area (Å²) in [7, 11) is 0. The Morgan fingerprint density at radius 2 is 1.92 bits per heavy atom. The fraction of sp³-hybridized carbons (Fsp3) is 0.207. The number of allylic oxidation sites excluding steroid dienone is 2. The Labute approximate surface area is 207 Å². The summed E-state index contributed by atoms with van der Waals surface area (Å²) in [6.07, 6.45) is 6.47. The Kier molecular flexibility index (Phi) is 5.30. The van der Waals surface area contributed by atoms with Gasteiger partial charge in [0.05, 0.1) is 28.3 Å². The number of carbonyl (C=O) groups excluding carboxylic acids is 1. The number of fused-ring (bicyclic) bond motifs is 3. The number of nitrogens with zero attached hydrogens (tertiary/aromatic N) is 5. The monoisotopic (exact) mass is 475 g/mol. The van der Waals surface area contributed by atoms with Crippen molar-refractivity contribution in [3.63, 3.8) is 0 Å². The number of carbonyl (C=O) groups is 1. The largest absolute Gasteiger partial charge is 0.293 e. The van der Waals surface area contributed by atoms with Crippen LogP contribution in [-0.4, -0.2) is 25.5 Å². The standard InChI is InChI=1S/C29H22FN5O/c1-17-21-10-11-23-27(22-4-2-3-5-25(22)30)34-35(28(23)24(21)14-19(15-31)29(17)36)20-8-6-18(7-9-20)26-12-13-32-16-33-26/h2-9,12-14,16-17,21,24H,10-11H2,1H3. The normalized spacial score (nSPS) is 20.8. The van der Waals surface area contributed by atoms with Gasteiger partial charge in [-0.2, -0.15) is 10.4 Å². The molecule has 2 aliphatic carbocycles. The third-order valence-electron chi connectivity index (χ3n) is 7.43. The zero-order valence-corrected chi connectivity index (χ0v) is 19.6. The van der Waals surface area contributed by atoms with Crippen LogP contribution in [0.5, 0.6) is 0 Å². The van der Waals surface area contributed by atoms with Gasteiger partial charge in [-0.25, -0.2) is 19.0 Å². The van der Waals surface area contributed by atoms with E-state index in [2.05, 4.69) is 16.0 Å². The van der Waals surface area contributed by atoms with Crippen molar-refractivity contribution in [2.24, 2.45) is 11.8 Å². The van der Waals surface area contributed by atoms with Gasteiger partial charge < -0.3 is 0 Å². The van der Waals surface area contributed by atoms with Crippen molar-refractivity contribution in [2.75, 3.05) is 0 Å². The second-order valence-electron chi connectivity index (χ2n) is 9.32. The number of hydrogen-bond donors (Lipinski definition) is 0. The van der Waals surface area contributed by atoms with E-state index < -0.39 is 0 Å². The van der Waals surface area contributed by atoms with Crippen molar-refractivity contribution in [1.82, 2.24) is 19.7 Å². The van der Waals surface area contributed by atoms with Crippen molar-refractivity contribution in [3.8, 4) is 34.3 Å². The van der Waals surface area contributed by atoms with Crippen LogP contribution in [0.15, 0.2) is 78.8 Å². The average Bonchev–Trinajstić information content (AvgIpc) is 3.31. The number of Topliss-reactive ketones (excluding diaryl/α,β-unsaturated/α-hetero) is 1. The molecule has 0 spiro atoms. The van der Waals surface area contributed by atoms with Crippen molar-refractivity contribution in [1.29, 1.82) is 5.26 Å². The molecule has 0 fully saturated rings. The van der Waals surface area contributed by atoms with E-state index in [1.165, 1.54) is 12.4 Å². The summed E-state index contributed by atoms with van der Waals surface area (Å²) >= 11 is 0. The first kappa shape index (κ1) is 22.1. The van der Waals surface area contributed by atoms with Gasteiger partial charge in [0.1, 0.15) is 18.2 Å². The quantitative estimate of drug-likeness (QED) is 0.393. The van der Waals surface area contributed by atoms with Gasteiger partial charge in [0.25, 0.3) is 0 Å². The molecule has 7 heteroatoms. The topological polar surface area (TPSA) is 84.5 Å². The predicted octanol–water partition coefficient (Wildman–Crippen LogP) is 5.45. The number of hydrogen-bond acceptors (Lipinski definition) is 5. The minimum atomic E-state index is -0.327. The third kappa shape index (κ3) is 3.45. The fourth-order valence-electron chi connectivity index (χ4n) is 5.60. The SMILES string of the molecule is CC1C(=O)C(C#N)=CC2c3c(c(-c4ccccc4F)nn3-c3ccc(-c4ccncn4)cc3)CCC12. The lowest BCUT2D eigenvalue weighted by atomic mass is 9.66. The molecule has 0 N–H and O–H groups in total. The molecule has 0 amide bonds. The first-order valence-corrected chi connectivity index (χ1v) is 12.0. The molecule has 4 aromatic rings. The highest BCUT2D eigenvalue weighted by Gasteiger charge is 2.43. The Morgan fingerprint density at radius 3 is 2.64 bits per heavy atom. The number of ketones is 1. The van der Waals surface area contributed by atoms with Gasteiger partial charge in [-0.05, 0) is 49.1 Å². The molecule has 0 aliphatic heterocycles. The van der Waals surface area contributed by atoms with Gasteiger partial charge in [0.2, 0.25) is 0 Å². The van der Waals surface area contributed by atoms with Crippen LogP contribution in [0, 0.1) is 29.0 Å². The van der Waals surface area contributed by atoms with Gasteiger partial charge in [0.15, 0.2) is 5.78 Å². The van der Waals surface area contributed by atoms with E-state index in [-0.39, 0.29) is 34.9 Å². The van der Waals surface area contributed by atoms with E-state index in [0.717, 1.165) is 34.6 Å². The smallest absolute Gasteiger partial charge is 0.176 e. The molecule has 2 heterocycles. The zero-order valence-electron chi connectivity index (χ0n) is 19.6. The van der Waals surface area contributed by atoms with Crippen molar-refractivity contribution < 1.29 is 9.18 Å². The van der Waals surface area contributed by atoms with Crippen molar-refractivity contribution >= 4 is 5.78 Å². The minimum Gasteiger partial charge on any atom is -0.293 e. The van der Waals surface area contributed by atoms with Crippen LogP contribution >= 0.6 is 0 Å². The first-order valence-electron chi connectivity index (χ1n) is 12.0. The van der Waals surface area contributed by atoms with Crippen LogP contribution in [0.3, 0.4) is 0 Å². The van der Waals surface area contributed by atoms with Gasteiger partial charge >= 0.3 is 0 Å². The molecule has 2 aromatic carbocycles. The van der Waals surface area contributed by atoms with Gasteiger partial charge in [-0.15, -0.1) is 0 Å². The highest BCUT2D eigenvalue weighted by atomic mass is 19.1. The van der Waals surface area contributed by atoms with E-state index in [4.69, 9.17) is 5.10 Å². The zero-order chi connectivity index (χ0) is 24.8. The summed E-state index contributed by atoms with van der Waals surface area (Å²) in [4.78, 5) is 21.0. The second-order valence-corrected chi connectivity index (χ2v) is 9.32. The Balaban J connectivity index is 1.55. The number of aromatic nitrogens is 4. The molecule has 3 atom stereocenters. The molecule has 2 aromatic heterocycles. The summed E-state index contributed by atoms with van der Waals surface area (Å²) in [5, 5.41) is 14.6. The number of nitriles is 1. The number of halogens is 1. The first-order chi connectivity index (χ1) is 17.6. The molecular weight excluding hydrogens is 453 g/mol. The average molecular weight is 476 g/mol. The highest BCUT2D eigenvalue weighted by Crippen LogP contribution is 2.48. The highest BCUT2D eigenvalue weighted by molar-refractivity contribution is 6.01. The Bertz CT molecular complexity index is 1550. The summed E-state index contributed by atoms with van der Waals surface area (Å²) < 4.78 is 16.8. The summed E-state index contributed by atoms with van der Waals surface area (Å²) in [6, 6.07) is 18.5. The number of benzene rings is 2. The fourth-order valence-corrected chi connectivity index (χ4v) is 5.60. The van der Waals surface area contributed by atoms with Crippen LogP contribution < -0.4 is 0 Å². The minimum absolute atomic E-state index is 0.0614.